The number of rotatable bonds is 3. The Labute approximate surface area is 159 Å². The average molecular weight is 357 g/mol. The van der Waals surface area contributed by atoms with Crippen LogP contribution in [-0.4, -0.2) is 16.6 Å². The van der Waals surface area contributed by atoms with Gasteiger partial charge in [-0.25, -0.2) is 0 Å². The van der Waals surface area contributed by atoms with E-state index in [-0.39, 0.29) is 0 Å². The minimum Gasteiger partial charge on any atom is -0.361 e. The highest BCUT2D eigenvalue weighted by Gasteiger charge is 2.30. The summed E-state index contributed by atoms with van der Waals surface area (Å²) in [5, 5.41) is 0. The van der Waals surface area contributed by atoms with Crippen LogP contribution in [0.2, 0.25) is 0 Å². The molecule has 3 aromatic rings. The van der Waals surface area contributed by atoms with E-state index in [2.05, 4.69) is 44.8 Å². The maximum absolute atomic E-state index is 12.7. The Morgan fingerprint density at radius 3 is 1.96 bits per heavy atom. The number of Topliss-reactive ketones (excluding diaryl/α,β-unsaturated/α-hetero) is 2. The molecule has 27 heavy (non-hydrogen) atoms. The smallest absolute Gasteiger partial charge is 0.234 e. The Hall–Kier alpha value is -2.94. The third-order valence-electron chi connectivity index (χ3n) is 5.31. The molecule has 0 spiro atoms. The van der Waals surface area contributed by atoms with Crippen molar-refractivity contribution in [2.45, 2.75) is 39.5 Å². The summed E-state index contributed by atoms with van der Waals surface area (Å²) in [5.74, 6) is -0.113. The first kappa shape index (κ1) is 17.5. The molecule has 0 amide bonds. The molecule has 0 saturated carbocycles. The minimum absolute atomic E-state index is 0.335. The second-order valence-corrected chi connectivity index (χ2v) is 7.83. The molecule has 0 bridgehead atoms. The number of hydrogen-bond acceptors (Lipinski definition) is 2. The molecule has 0 atom stereocenters. The summed E-state index contributed by atoms with van der Waals surface area (Å²) in [6, 6.07) is 15.4. The highest BCUT2D eigenvalue weighted by atomic mass is 16.2. The fourth-order valence-corrected chi connectivity index (χ4v) is 3.79. The van der Waals surface area contributed by atoms with Crippen LogP contribution in [0.3, 0.4) is 0 Å². The molecule has 1 aromatic heterocycles. The van der Waals surface area contributed by atoms with E-state index in [0.29, 0.717) is 23.0 Å². The van der Waals surface area contributed by atoms with Crippen molar-refractivity contribution in [1.29, 1.82) is 0 Å². The SMILES string of the molecule is CC(C)c1cc(-c2ccc3c(c2)C(=O)C(=O)c2ccccc2-3)c(C(C)C)[nH]1. The summed E-state index contributed by atoms with van der Waals surface area (Å²) < 4.78 is 0. The number of fused-ring (bicyclic) bond motifs is 3. The lowest BCUT2D eigenvalue weighted by Gasteiger charge is -2.19. The molecular formula is C24H23NO2. The van der Waals surface area contributed by atoms with Gasteiger partial charge in [-0.3, -0.25) is 9.59 Å². The Bertz CT molecular complexity index is 1070. The van der Waals surface area contributed by atoms with Gasteiger partial charge >= 0.3 is 0 Å². The van der Waals surface area contributed by atoms with E-state index < -0.39 is 11.6 Å². The molecule has 0 radical (unpaired) electrons. The molecule has 0 saturated heterocycles. The summed E-state index contributed by atoms with van der Waals surface area (Å²) in [4.78, 5) is 28.8. The van der Waals surface area contributed by atoms with E-state index in [0.717, 1.165) is 27.9 Å². The minimum atomic E-state index is -0.420. The van der Waals surface area contributed by atoms with E-state index in [1.165, 1.54) is 5.69 Å². The number of benzene rings is 2. The van der Waals surface area contributed by atoms with Gasteiger partial charge in [-0.15, -0.1) is 0 Å². The third-order valence-corrected chi connectivity index (χ3v) is 5.31. The molecule has 3 heteroatoms. The van der Waals surface area contributed by atoms with Gasteiger partial charge in [0.1, 0.15) is 0 Å². The molecule has 4 rings (SSSR count). The molecular weight excluding hydrogens is 334 g/mol. The first-order valence-corrected chi connectivity index (χ1v) is 9.44. The van der Waals surface area contributed by atoms with Crippen molar-refractivity contribution < 1.29 is 9.59 Å². The molecule has 0 aliphatic heterocycles. The number of aromatic nitrogens is 1. The lowest BCUT2D eigenvalue weighted by Crippen LogP contribution is -2.21. The van der Waals surface area contributed by atoms with Crippen LogP contribution in [0.25, 0.3) is 22.3 Å². The monoisotopic (exact) mass is 357 g/mol. The van der Waals surface area contributed by atoms with E-state index >= 15 is 0 Å². The van der Waals surface area contributed by atoms with Crippen LogP contribution in [0.5, 0.6) is 0 Å². The number of hydrogen-bond donors (Lipinski definition) is 1. The van der Waals surface area contributed by atoms with Crippen LogP contribution >= 0.6 is 0 Å². The quantitative estimate of drug-likeness (QED) is 0.587. The number of aromatic amines is 1. The second-order valence-electron chi connectivity index (χ2n) is 7.83. The molecule has 136 valence electrons. The maximum atomic E-state index is 12.7. The number of carbonyl (C=O) groups excluding carboxylic acids is 2. The van der Waals surface area contributed by atoms with Crippen molar-refractivity contribution in [3.05, 3.63) is 71.0 Å². The zero-order chi connectivity index (χ0) is 19.3. The van der Waals surface area contributed by atoms with Crippen LogP contribution in [0.1, 0.15) is 71.6 Å². The van der Waals surface area contributed by atoms with E-state index in [1.54, 1.807) is 12.1 Å². The first-order valence-electron chi connectivity index (χ1n) is 9.44. The van der Waals surface area contributed by atoms with Crippen molar-refractivity contribution >= 4 is 11.6 Å². The van der Waals surface area contributed by atoms with Crippen molar-refractivity contribution in [3.8, 4) is 22.3 Å². The van der Waals surface area contributed by atoms with Gasteiger partial charge < -0.3 is 4.98 Å². The molecule has 1 heterocycles. The normalized spacial score (nSPS) is 13.3. The predicted molar refractivity (Wildman–Crippen MR) is 109 cm³/mol. The molecule has 3 nitrogen and oxygen atoms in total. The van der Waals surface area contributed by atoms with Crippen molar-refractivity contribution in [2.75, 3.05) is 0 Å². The van der Waals surface area contributed by atoms with Crippen LogP contribution < -0.4 is 0 Å². The lowest BCUT2D eigenvalue weighted by atomic mass is 9.82. The van der Waals surface area contributed by atoms with Crippen LogP contribution in [0.15, 0.2) is 48.5 Å². The standard InChI is InChI=1S/C24H23NO2/c1-13(2)21-12-19(22(25-21)14(3)4)15-9-10-17-16-7-5-6-8-18(16)23(26)24(27)20(17)11-15/h5-14,25H,1-4H3. The summed E-state index contributed by atoms with van der Waals surface area (Å²) in [6.45, 7) is 8.63. The molecule has 0 fully saturated rings. The molecule has 1 aliphatic rings. The van der Waals surface area contributed by atoms with Gasteiger partial charge in [0.25, 0.3) is 0 Å². The maximum Gasteiger partial charge on any atom is 0.234 e. The zero-order valence-electron chi connectivity index (χ0n) is 16.1. The van der Waals surface area contributed by atoms with Gasteiger partial charge in [0.15, 0.2) is 0 Å². The van der Waals surface area contributed by atoms with Gasteiger partial charge in [-0.2, -0.15) is 0 Å². The van der Waals surface area contributed by atoms with Crippen LogP contribution in [0.4, 0.5) is 0 Å². The van der Waals surface area contributed by atoms with Crippen molar-refractivity contribution in [2.24, 2.45) is 0 Å². The zero-order valence-corrected chi connectivity index (χ0v) is 16.1. The Balaban J connectivity index is 1.91. The Morgan fingerprint density at radius 2 is 1.30 bits per heavy atom. The fraction of sp³-hybridized carbons (Fsp3) is 0.250. The molecule has 0 unspecified atom stereocenters. The van der Waals surface area contributed by atoms with Gasteiger partial charge in [0.2, 0.25) is 11.6 Å². The van der Waals surface area contributed by atoms with Crippen LogP contribution in [-0.2, 0) is 0 Å². The van der Waals surface area contributed by atoms with Gasteiger partial charge in [-0.1, -0.05) is 64.1 Å². The Morgan fingerprint density at radius 1 is 0.667 bits per heavy atom. The van der Waals surface area contributed by atoms with Gasteiger partial charge in [0, 0.05) is 28.1 Å². The Kier molecular flexibility index (Phi) is 4.11. The number of ketones is 2. The average Bonchev–Trinajstić information content (AvgIpc) is 3.12. The van der Waals surface area contributed by atoms with E-state index in [9.17, 15) is 9.59 Å². The summed E-state index contributed by atoms with van der Waals surface area (Å²) in [6.07, 6.45) is 0. The highest BCUT2D eigenvalue weighted by molar-refractivity contribution is 6.53. The largest absolute Gasteiger partial charge is 0.361 e. The number of H-pyrrole nitrogens is 1. The second kappa shape index (κ2) is 6.34. The topological polar surface area (TPSA) is 49.9 Å². The summed E-state index contributed by atoms with van der Waals surface area (Å²) in [5.41, 5.74) is 7.09. The van der Waals surface area contributed by atoms with Crippen molar-refractivity contribution in [3.63, 3.8) is 0 Å². The summed E-state index contributed by atoms with van der Waals surface area (Å²) >= 11 is 0. The van der Waals surface area contributed by atoms with Gasteiger partial charge in [0.05, 0.1) is 0 Å². The molecule has 2 aromatic carbocycles. The van der Waals surface area contributed by atoms with Crippen molar-refractivity contribution in [1.82, 2.24) is 4.98 Å². The summed E-state index contributed by atoms with van der Waals surface area (Å²) in [7, 11) is 0. The highest BCUT2D eigenvalue weighted by Crippen LogP contribution is 2.38. The molecule has 1 aliphatic carbocycles. The lowest BCUT2D eigenvalue weighted by molar-refractivity contribution is 0.0815. The van der Waals surface area contributed by atoms with E-state index in [1.807, 2.05) is 24.3 Å². The molecule has 1 N–H and O–H groups in total. The fourth-order valence-electron chi connectivity index (χ4n) is 3.79. The predicted octanol–water partition coefficient (Wildman–Crippen LogP) is 5.97. The number of carbonyl (C=O) groups is 2. The first-order chi connectivity index (χ1) is 12.9. The van der Waals surface area contributed by atoms with Crippen LogP contribution in [0, 0.1) is 0 Å². The third kappa shape index (κ3) is 2.74. The van der Waals surface area contributed by atoms with Gasteiger partial charge in [-0.05, 0) is 40.7 Å². The van der Waals surface area contributed by atoms with E-state index in [4.69, 9.17) is 0 Å². The number of nitrogens with one attached hydrogen (secondary N) is 1.